The van der Waals surface area contributed by atoms with E-state index in [9.17, 15) is 0 Å². The first-order valence-corrected chi connectivity index (χ1v) is 7.99. The van der Waals surface area contributed by atoms with Gasteiger partial charge in [-0.1, -0.05) is 0 Å². The second-order valence-electron chi connectivity index (χ2n) is 5.67. The monoisotopic (exact) mass is 233 g/mol. The van der Waals surface area contributed by atoms with Crippen molar-refractivity contribution >= 4 is 13.9 Å². The third-order valence-corrected chi connectivity index (χ3v) is 7.71. The van der Waals surface area contributed by atoms with Crippen molar-refractivity contribution < 1.29 is 0 Å². The molecule has 1 rings (SSSR count). The number of allylic oxidation sites excluding steroid dienone is 2. The summed E-state index contributed by atoms with van der Waals surface area (Å²) in [6, 6.07) is 0. The Labute approximate surface area is 81.3 Å². The van der Waals surface area contributed by atoms with E-state index in [4.69, 9.17) is 0 Å². The van der Waals surface area contributed by atoms with Crippen LogP contribution in [0.5, 0.6) is 0 Å². The summed E-state index contributed by atoms with van der Waals surface area (Å²) < 4.78 is 3.63. The Kier molecular flexibility index (Phi) is 2.26. The van der Waals surface area contributed by atoms with Crippen LogP contribution in [0.2, 0.25) is 5.82 Å². The van der Waals surface area contributed by atoms with Gasteiger partial charge in [0.1, 0.15) is 0 Å². The number of hydrogen-bond donors (Lipinski definition) is 0. The van der Waals surface area contributed by atoms with Gasteiger partial charge in [-0.15, -0.1) is 0 Å². The van der Waals surface area contributed by atoms with Crippen molar-refractivity contribution in [1.82, 2.24) is 0 Å². The van der Waals surface area contributed by atoms with Crippen LogP contribution >= 0.6 is 0 Å². The number of hydrogen-bond acceptors (Lipinski definition) is 0. The molecule has 0 nitrogen and oxygen atoms in total. The van der Waals surface area contributed by atoms with Crippen LogP contribution < -0.4 is 0 Å². The van der Waals surface area contributed by atoms with E-state index in [1.165, 1.54) is 0 Å². The molecule has 1 heteroatoms. The molecule has 12 heavy (non-hydrogen) atoms. The molecule has 0 unspecified atom stereocenters. The molecule has 1 aliphatic heterocycles. The van der Waals surface area contributed by atoms with Gasteiger partial charge >= 0.3 is 81.0 Å². The van der Waals surface area contributed by atoms with Crippen molar-refractivity contribution in [2.24, 2.45) is 10.8 Å². The summed E-state index contributed by atoms with van der Waals surface area (Å²) in [4.78, 5) is 0. The first-order valence-electron chi connectivity index (χ1n) is 4.57. The summed E-state index contributed by atoms with van der Waals surface area (Å²) >= 11 is -0.405. The molecule has 1 heterocycles. The van der Waals surface area contributed by atoms with E-state index in [0.29, 0.717) is 10.8 Å². The summed E-state index contributed by atoms with van der Waals surface area (Å²) in [5.41, 5.74) is 0.893. The SMILES string of the molecule is C[Se+]1C(C(C)(C)C)=C1C(C)(C)C. The Morgan fingerprint density at radius 2 is 1.00 bits per heavy atom. The van der Waals surface area contributed by atoms with Crippen LogP contribution in [-0.2, 0) is 0 Å². The maximum absolute atomic E-state index is 2.46. The van der Waals surface area contributed by atoms with Crippen LogP contribution in [-0.4, -0.2) is 13.9 Å². The Balaban J connectivity index is 2.90. The molecule has 0 atom stereocenters. The predicted molar refractivity (Wildman–Crippen MR) is 57.6 cm³/mol. The second kappa shape index (κ2) is 2.62. The molecule has 0 aromatic carbocycles. The zero-order valence-electron chi connectivity index (χ0n) is 9.41. The van der Waals surface area contributed by atoms with Gasteiger partial charge in [0.2, 0.25) is 0 Å². The van der Waals surface area contributed by atoms with Gasteiger partial charge in [0.25, 0.3) is 0 Å². The van der Waals surface area contributed by atoms with Crippen molar-refractivity contribution in [1.29, 1.82) is 0 Å². The van der Waals surface area contributed by atoms with E-state index in [1.807, 2.05) is 8.94 Å². The molecule has 0 fully saturated rings. The molecule has 0 saturated heterocycles. The average molecular weight is 232 g/mol. The van der Waals surface area contributed by atoms with Gasteiger partial charge in [-0.05, 0) is 0 Å². The molecular weight excluding hydrogens is 211 g/mol. The van der Waals surface area contributed by atoms with E-state index in [1.54, 1.807) is 0 Å². The molecule has 0 amide bonds. The molecule has 0 spiro atoms. The van der Waals surface area contributed by atoms with E-state index in [2.05, 4.69) is 47.4 Å². The third kappa shape index (κ3) is 1.78. The van der Waals surface area contributed by atoms with E-state index < -0.39 is 13.9 Å². The molecule has 0 radical (unpaired) electrons. The van der Waals surface area contributed by atoms with Gasteiger partial charge in [0.05, 0.1) is 0 Å². The van der Waals surface area contributed by atoms with Crippen molar-refractivity contribution in [2.75, 3.05) is 0 Å². The van der Waals surface area contributed by atoms with Crippen molar-refractivity contribution in [3.8, 4) is 0 Å². The fourth-order valence-corrected chi connectivity index (χ4v) is 8.79. The van der Waals surface area contributed by atoms with E-state index >= 15 is 0 Å². The van der Waals surface area contributed by atoms with E-state index in [-0.39, 0.29) is 0 Å². The first kappa shape index (κ1) is 10.3. The van der Waals surface area contributed by atoms with Crippen molar-refractivity contribution in [3.63, 3.8) is 0 Å². The van der Waals surface area contributed by atoms with Crippen LogP contribution in [0, 0.1) is 10.8 Å². The van der Waals surface area contributed by atoms with Gasteiger partial charge in [-0.3, -0.25) is 0 Å². The van der Waals surface area contributed by atoms with Crippen LogP contribution in [0.15, 0.2) is 8.94 Å². The standard InChI is InChI=1S/C11H21Se/c1-10(2,3)8-9(12(8)7)11(4,5)6/h1-7H3/q+1. The molecule has 1 aliphatic rings. The predicted octanol–water partition coefficient (Wildman–Crippen LogP) is 3.59. The molecule has 0 aromatic heterocycles. The molecule has 0 aliphatic carbocycles. The average Bonchev–Trinajstić information content (AvgIpc) is 2.35. The molecule has 0 aromatic rings. The van der Waals surface area contributed by atoms with Crippen LogP contribution in [0.4, 0.5) is 0 Å². The fraction of sp³-hybridized carbons (Fsp3) is 0.818. The molecular formula is C11H21Se+. The van der Waals surface area contributed by atoms with E-state index in [0.717, 1.165) is 0 Å². The first-order chi connectivity index (χ1) is 5.15. The molecule has 0 N–H and O–H groups in total. The minimum absolute atomic E-state index is 0.405. The van der Waals surface area contributed by atoms with Gasteiger partial charge in [0, 0.05) is 0 Å². The molecule has 70 valence electrons. The summed E-state index contributed by atoms with van der Waals surface area (Å²) in [6.07, 6.45) is 0. The number of rotatable bonds is 0. The normalized spacial score (nSPS) is 20.2. The second-order valence-corrected chi connectivity index (χ2v) is 9.52. The zero-order valence-corrected chi connectivity index (χ0v) is 11.1. The molecule has 0 bridgehead atoms. The van der Waals surface area contributed by atoms with Crippen molar-refractivity contribution in [2.45, 2.75) is 47.4 Å². The van der Waals surface area contributed by atoms with Gasteiger partial charge in [-0.25, -0.2) is 0 Å². The van der Waals surface area contributed by atoms with Gasteiger partial charge < -0.3 is 0 Å². The zero-order chi connectivity index (χ0) is 9.73. The van der Waals surface area contributed by atoms with Crippen LogP contribution in [0.25, 0.3) is 0 Å². The minimum atomic E-state index is -0.405. The van der Waals surface area contributed by atoms with Gasteiger partial charge in [0.15, 0.2) is 0 Å². The van der Waals surface area contributed by atoms with Gasteiger partial charge in [-0.2, -0.15) is 0 Å². The fourth-order valence-electron chi connectivity index (χ4n) is 1.82. The maximum atomic E-state index is 2.46. The topological polar surface area (TPSA) is 0 Å². The van der Waals surface area contributed by atoms with Crippen LogP contribution in [0.1, 0.15) is 41.5 Å². The molecule has 0 saturated carbocycles. The summed E-state index contributed by atoms with van der Waals surface area (Å²) in [5.74, 6) is 2.46. The Morgan fingerprint density at radius 1 is 0.750 bits per heavy atom. The summed E-state index contributed by atoms with van der Waals surface area (Å²) in [7, 11) is 0. The third-order valence-electron chi connectivity index (χ3n) is 2.14. The summed E-state index contributed by atoms with van der Waals surface area (Å²) in [6.45, 7) is 14.1. The van der Waals surface area contributed by atoms with Crippen molar-refractivity contribution in [3.05, 3.63) is 8.94 Å². The Hall–Kier alpha value is 0.259. The quantitative estimate of drug-likeness (QED) is 0.560. The Morgan fingerprint density at radius 3 is 1.08 bits per heavy atom. The summed E-state index contributed by atoms with van der Waals surface area (Å²) in [5, 5.41) is 0. The Bertz CT molecular complexity index is 198. The van der Waals surface area contributed by atoms with Crippen LogP contribution in [0.3, 0.4) is 0 Å².